The molecule has 1 heterocycles. The topological polar surface area (TPSA) is 63.8 Å². The third-order valence-electron chi connectivity index (χ3n) is 3.92. The lowest BCUT2D eigenvalue weighted by molar-refractivity contribution is 0.0571. The van der Waals surface area contributed by atoms with Gasteiger partial charge in [-0.2, -0.15) is 0 Å². The van der Waals surface area contributed by atoms with Crippen molar-refractivity contribution >= 4 is 11.8 Å². The molecule has 2 rings (SSSR count). The van der Waals surface area contributed by atoms with Gasteiger partial charge in [0, 0.05) is 5.75 Å². The Morgan fingerprint density at radius 2 is 2.00 bits per heavy atom. The molecule has 6 heteroatoms. The van der Waals surface area contributed by atoms with Crippen molar-refractivity contribution in [3.63, 3.8) is 0 Å². The normalized spacial score (nSPS) is 17.5. The number of thioether (sulfide) groups is 1. The molecule has 0 aliphatic heterocycles. The number of hydrogen-bond donors (Lipinski definition) is 1. The second-order valence-corrected chi connectivity index (χ2v) is 6.01. The Morgan fingerprint density at radius 1 is 1.33 bits per heavy atom. The van der Waals surface area contributed by atoms with Crippen LogP contribution in [-0.4, -0.2) is 36.7 Å². The van der Waals surface area contributed by atoms with E-state index in [-0.39, 0.29) is 0 Å². The van der Waals surface area contributed by atoms with Crippen LogP contribution in [0.3, 0.4) is 0 Å². The van der Waals surface area contributed by atoms with E-state index in [0.29, 0.717) is 11.8 Å². The van der Waals surface area contributed by atoms with Crippen molar-refractivity contribution in [3.05, 3.63) is 0 Å². The first-order valence-electron chi connectivity index (χ1n) is 6.81. The van der Waals surface area contributed by atoms with Crippen LogP contribution in [-0.2, 0) is 0 Å². The molecule has 0 spiro atoms. The lowest BCUT2D eigenvalue weighted by atomic mass is 10.0. The second kappa shape index (κ2) is 6.02. The van der Waals surface area contributed by atoms with Crippen LogP contribution in [0.15, 0.2) is 5.16 Å². The number of aliphatic hydroxyl groups is 1. The maximum atomic E-state index is 10.3. The highest BCUT2D eigenvalue weighted by atomic mass is 32.2. The van der Waals surface area contributed by atoms with Gasteiger partial charge in [0.25, 0.3) is 0 Å². The van der Waals surface area contributed by atoms with Crippen molar-refractivity contribution in [3.8, 4) is 0 Å². The molecule has 0 bridgehead atoms. The molecule has 0 amide bonds. The van der Waals surface area contributed by atoms with E-state index in [2.05, 4.69) is 15.5 Å². The van der Waals surface area contributed by atoms with Crippen LogP contribution < -0.4 is 0 Å². The van der Waals surface area contributed by atoms with Crippen LogP contribution in [0.2, 0.25) is 0 Å². The smallest absolute Gasteiger partial charge is 0.209 e. The molecule has 1 aromatic heterocycles. The molecule has 1 aromatic rings. The van der Waals surface area contributed by atoms with Crippen molar-refractivity contribution < 1.29 is 5.11 Å². The Hall–Kier alpha value is -0.620. The summed E-state index contributed by atoms with van der Waals surface area (Å²) in [5.41, 5.74) is -0.600. The van der Waals surface area contributed by atoms with Crippen molar-refractivity contribution in [1.29, 1.82) is 0 Å². The van der Waals surface area contributed by atoms with E-state index in [1.54, 1.807) is 11.8 Å². The molecule has 5 nitrogen and oxygen atoms in total. The number of hydrogen-bond acceptors (Lipinski definition) is 5. The van der Waals surface area contributed by atoms with E-state index in [0.717, 1.165) is 18.0 Å². The van der Waals surface area contributed by atoms with Gasteiger partial charge < -0.3 is 5.11 Å². The van der Waals surface area contributed by atoms with Gasteiger partial charge in [-0.3, -0.25) is 0 Å². The monoisotopic (exact) mass is 270 g/mol. The fourth-order valence-corrected chi connectivity index (χ4v) is 3.53. The molecule has 0 radical (unpaired) electrons. The lowest BCUT2D eigenvalue weighted by Crippen LogP contribution is -2.29. The third kappa shape index (κ3) is 3.03. The van der Waals surface area contributed by atoms with Gasteiger partial charge in [0.15, 0.2) is 0 Å². The van der Waals surface area contributed by atoms with Gasteiger partial charge in [0.1, 0.15) is 0 Å². The summed E-state index contributed by atoms with van der Waals surface area (Å²) in [5, 5.41) is 23.1. The van der Waals surface area contributed by atoms with Gasteiger partial charge in [0.2, 0.25) is 5.16 Å². The quantitative estimate of drug-likeness (QED) is 0.804. The third-order valence-corrected chi connectivity index (χ3v) is 5.13. The molecule has 1 aliphatic rings. The molecule has 102 valence electrons. The summed E-state index contributed by atoms with van der Waals surface area (Å²) in [7, 11) is 0. The summed E-state index contributed by atoms with van der Waals surface area (Å²) in [4.78, 5) is 0. The van der Waals surface area contributed by atoms with Crippen LogP contribution in [0.1, 0.15) is 58.4 Å². The minimum atomic E-state index is -0.600. The summed E-state index contributed by atoms with van der Waals surface area (Å²) in [6.07, 6.45) is 6.41. The van der Waals surface area contributed by atoms with Gasteiger partial charge in [-0.1, -0.05) is 38.5 Å². The number of aromatic nitrogens is 4. The minimum absolute atomic E-state index is 0.457. The average molecular weight is 270 g/mol. The highest BCUT2D eigenvalue weighted by Crippen LogP contribution is 2.32. The molecule has 1 saturated carbocycles. The minimum Gasteiger partial charge on any atom is -0.389 e. The molecule has 1 aliphatic carbocycles. The van der Waals surface area contributed by atoms with Crippen LogP contribution in [0.25, 0.3) is 0 Å². The predicted octanol–water partition coefficient (Wildman–Crippen LogP) is 2.43. The van der Waals surface area contributed by atoms with E-state index < -0.39 is 5.60 Å². The molecule has 1 fully saturated rings. The van der Waals surface area contributed by atoms with Gasteiger partial charge in [0.05, 0.1) is 11.6 Å². The first-order chi connectivity index (χ1) is 8.68. The van der Waals surface area contributed by atoms with E-state index in [4.69, 9.17) is 0 Å². The van der Waals surface area contributed by atoms with Crippen molar-refractivity contribution in [1.82, 2.24) is 20.2 Å². The van der Waals surface area contributed by atoms with E-state index >= 15 is 0 Å². The zero-order valence-corrected chi connectivity index (χ0v) is 12.0. The van der Waals surface area contributed by atoms with Gasteiger partial charge in [-0.15, -0.1) is 5.10 Å². The molecule has 18 heavy (non-hydrogen) atoms. The maximum Gasteiger partial charge on any atom is 0.209 e. The summed E-state index contributed by atoms with van der Waals surface area (Å²) in [6, 6.07) is 0.457. The molecule has 0 aromatic carbocycles. The Bertz CT molecular complexity index is 372. The predicted molar refractivity (Wildman–Crippen MR) is 71.6 cm³/mol. The Kier molecular flexibility index (Phi) is 4.61. The van der Waals surface area contributed by atoms with Crippen molar-refractivity contribution in [2.24, 2.45) is 0 Å². The van der Waals surface area contributed by atoms with Gasteiger partial charge >= 0.3 is 0 Å². The van der Waals surface area contributed by atoms with Gasteiger partial charge in [-0.05, 0) is 36.1 Å². The Balaban J connectivity index is 1.99. The highest BCUT2D eigenvalue weighted by Gasteiger charge is 2.26. The molecule has 0 unspecified atom stereocenters. The highest BCUT2D eigenvalue weighted by molar-refractivity contribution is 7.99. The lowest BCUT2D eigenvalue weighted by Gasteiger charge is -2.24. The van der Waals surface area contributed by atoms with E-state index in [9.17, 15) is 5.11 Å². The number of rotatable bonds is 6. The summed E-state index contributed by atoms with van der Waals surface area (Å²) < 4.78 is 1.95. The van der Waals surface area contributed by atoms with Crippen LogP contribution in [0.4, 0.5) is 0 Å². The molecular weight excluding hydrogens is 248 g/mol. The molecule has 0 atom stereocenters. The maximum absolute atomic E-state index is 10.3. The average Bonchev–Trinajstić information content (AvgIpc) is 3.05. The number of nitrogens with zero attached hydrogens (tertiary/aromatic N) is 4. The summed E-state index contributed by atoms with van der Waals surface area (Å²) in [5.74, 6) is 0.660. The van der Waals surface area contributed by atoms with E-state index in [1.165, 1.54) is 25.7 Å². The van der Waals surface area contributed by atoms with Gasteiger partial charge in [-0.25, -0.2) is 4.68 Å². The van der Waals surface area contributed by atoms with E-state index in [1.807, 2.05) is 18.5 Å². The Labute approximate surface area is 112 Å². The fraction of sp³-hybridized carbons (Fsp3) is 0.917. The molecule has 1 N–H and O–H groups in total. The Morgan fingerprint density at radius 3 is 2.61 bits per heavy atom. The zero-order valence-electron chi connectivity index (χ0n) is 11.2. The van der Waals surface area contributed by atoms with Crippen LogP contribution in [0, 0.1) is 0 Å². The second-order valence-electron chi connectivity index (χ2n) is 5.06. The molecular formula is C12H22N4OS. The zero-order chi connectivity index (χ0) is 13.0. The SMILES string of the molecule is CCC(O)(CC)CSc1nnnn1C1CCCC1. The fourth-order valence-electron chi connectivity index (χ4n) is 2.31. The summed E-state index contributed by atoms with van der Waals surface area (Å²) in [6.45, 7) is 4.04. The number of tetrazole rings is 1. The first kappa shape index (κ1) is 13.8. The first-order valence-corrected chi connectivity index (χ1v) is 7.80. The van der Waals surface area contributed by atoms with Crippen LogP contribution in [0.5, 0.6) is 0 Å². The molecule has 0 saturated heterocycles. The summed E-state index contributed by atoms with van der Waals surface area (Å²) >= 11 is 1.57. The largest absolute Gasteiger partial charge is 0.389 e. The van der Waals surface area contributed by atoms with Crippen molar-refractivity contribution in [2.45, 2.75) is 69.2 Å². The standard InChI is InChI=1S/C12H22N4OS/c1-3-12(17,4-2)9-18-11-13-14-15-16(11)10-7-5-6-8-10/h10,17H,3-9H2,1-2H3. The van der Waals surface area contributed by atoms with Crippen LogP contribution >= 0.6 is 11.8 Å². The van der Waals surface area contributed by atoms with Crippen molar-refractivity contribution in [2.75, 3.05) is 5.75 Å².